The maximum Gasteiger partial charge on any atom is 0.435 e. The lowest BCUT2D eigenvalue weighted by atomic mass is 10.0. The van der Waals surface area contributed by atoms with E-state index in [2.05, 4.69) is 10.4 Å². The van der Waals surface area contributed by atoms with E-state index in [1.54, 1.807) is 0 Å². The summed E-state index contributed by atoms with van der Waals surface area (Å²) in [5.74, 6) is -3.84. The van der Waals surface area contributed by atoms with Crippen LogP contribution in [0, 0.1) is 17.5 Å². The van der Waals surface area contributed by atoms with Crippen LogP contribution in [0.15, 0.2) is 42.6 Å². The van der Waals surface area contributed by atoms with Crippen molar-refractivity contribution in [2.75, 3.05) is 5.32 Å². The van der Waals surface area contributed by atoms with Crippen LogP contribution in [-0.4, -0.2) is 15.7 Å². The Morgan fingerprint density at radius 2 is 1.64 bits per heavy atom. The van der Waals surface area contributed by atoms with Crippen LogP contribution in [0.2, 0.25) is 0 Å². The number of nitrogens with zero attached hydrogens (tertiary/aromatic N) is 2. The minimum atomic E-state index is -4.88. The number of benzene rings is 2. The minimum absolute atomic E-state index is 0.0191. The molecule has 10 heteroatoms. The fourth-order valence-electron chi connectivity index (χ4n) is 2.63. The summed E-state index contributed by atoms with van der Waals surface area (Å²) in [7, 11) is 1.20. The van der Waals surface area contributed by atoms with E-state index in [9.17, 15) is 31.1 Å². The first kappa shape index (κ1) is 19.5. The highest BCUT2D eigenvalue weighted by molar-refractivity contribution is 6.07. The molecule has 0 atom stereocenters. The Kier molecular flexibility index (Phi) is 4.88. The van der Waals surface area contributed by atoms with Crippen molar-refractivity contribution in [1.82, 2.24) is 9.78 Å². The minimum Gasteiger partial charge on any atom is -0.321 e. The smallest absolute Gasteiger partial charge is 0.321 e. The first-order valence-corrected chi connectivity index (χ1v) is 7.73. The summed E-state index contributed by atoms with van der Waals surface area (Å²) >= 11 is 0. The highest BCUT2D eigenvalue weighted by atomic mass is 19.4. The van der Waals surface area contributed by atoms with E-state index in [-0.39, 0.29) is 16.8 Å². The molecule has 4 nitrogen and oxygen atoms in total. The number of halogens is 6. The molecule has 0 aliphatic heterocycles. The van der Waals surface area contributed by atoms with Crippen molar-refractivity contribution in [3.05, 3.63) is 71.3 Å². The summed E-state index contributed by atoms with van der Waals surface area (Å²) < 4.78 is 80.6. The molecule has 1 heterocycles. The highest BCUT2D eigenvalue weighted by Gasteiger charge is 2.39. The quantitative estimate of drug-likeness (QED) is 0.645. The van der Waals surface area contributed by atoms with Gasteiger partial charge in [0.15, 0.2) is 5.69 Å². The maximum absolute atomic E-state index is 13.7. The third kappa shape index (κ3) is 4.00. The third-order valence-electron chi connectivity index (χ3n) is 3.75. The molecule has 0 spiro atoms. The molecule has 0 saturated heterocycles. The molecule has 0 aliphatic carbocycles. The van der Waals surface area contributed by atoms with Crippen molar-refractivity contribution in [3.8, 4) is 11.1 Å². The second-order valence-electron chi connectivity index (χ2n) is 5.86. The number of carbonyl (C=O) groups is 1. The van der Waals surface area contributed by atoms with E-state index < -0.39 is 40.8 Å². The molecule has 0 fully saturated rings. The van der Waals surface area contributed by atoms with Gasteiger partial charge in [0, 0.05) is 24.9 Å². The molecular formula is C18H11F6N3O. The second kappa shape index (κ2) is 7.02. The van der Waals surface area contributed by atoms with Gasteiger partial charge in [0.2, 0.25) is 0 Å². The zero-order valence-electron chi connectivity index (χ0n) is 14.1. The molecular weight excluding hydrogens is 388 g/mol. The predicted octanol–water partition coefficient (Wildman–Crippen LogP) is 4.78. The monoisotopic (exact) mass is 399 g/mol. The van der Waals surface area contributed by atoms with Crippen LogP contribution in [0.3, 0.4) is 0 Å². The second-order valence-corrected chi connectivity index (χ2v) is 5.86. The number of hydrogen-bond donors (Lipinski definition) is 1. The highest BCUT2D eigenvalue weighted by Crippen LogP contribution is 2.33. The summed E-state index contributed by atoms with van der Waals surface area (Å²) in [5, 5.41) is 5.38. The van der Waals surface area contributed by atoms with Crippen molar-refractivity contribution in [3.63, 3.8) is 0 Å². The average Bonchev–Trinajstić information content (AvgIpc) is 2.96. The lowest BCUT2D eigenvalue weighted by molar-refractivity contribution is -0.141. The molecule has 0 aliphatic rings. The lowest BCUT2D eigenvalue weighted by Crippen LogP contribution is -2.18. The lowest BCUT2D eigenvalue weighted by Gasteiger charge is -2.12. The summed E-state index contributed by atoms with van der Waals surface area (Å²) in [6.07, 6.45) is -4.02. The van der Waals surface area contributed by atoms with Gasteiger partial charge in [-0.1, -0.05) is 0 Å². The van der Waals surface area contributed by atoms with Gasteiger partial charge in [-0.2, -0.15) is 18.3 Å². The van der Waals surface area contributed by atoms with E-state index in [1.807, 2.05) is 0 Å². The van der Waals surface area contributed by atoms with E-state index >= 15 is 0 Å². The van der Waals surface area contributed by atoms with Gasteiger partial charge in [0.05, 0.1) is 11.3 Å². The Bertz CT molecular complexity index is 1040. The standard InChI is InChI=1S/C18H11F6N3O/c1-27-8-14(16(26-27)18(22,23)24)17(28)25-15-7-10(19)2-3-13(15)9-4-11(20)6-12(21)5-9/h2-8H,1H3,(H,25,28). The molecule has 0 bridgehead atoms. The summed E-state index contributed by atoms with van der Waals surface area (Å²) in [6, 6.07) is 5.47. The Labute approximate surface area is 154 Å². The molecule has 2 aromatic carbocycles. The van der Waals surface area contributed by atoms with Gasteiger partial charge in [0.25, 0.3) is 5.91 Å². The first-order valence-electron chi connectivity index (χ1n) is 7.73. The van der Waals surface area contributed by atoms with Crippen LogP contribution in [0.5, 0.6) is 0 Å². The number of carbonyl (C=O) groups excluding carboxylic acids is 1. The van der Waals surface area contributed by atoms with Gasteiger partial charge in [-0.05, 0) is 35.9 Å². The number of anilines is 1. The van der Waals surface area contributed by atoms with Gasteiger partial charge in [-0.3, -0.25) is 9.48 Å². The number of alkyl halides is 3. The zero-order chi connectivity index (χ0) is 20.6. The van der Waals surface area contributed by atoms with Gasteiger partial charge >= 0.3 is 6.18 Å². The van der Waals surface area contributed by atoms with Crippen molar-refractivity contribution in [2.24, 2.45) is 7.05 Å². The van der Waals surface area contributed by atoms with Gasteiger partial charge in [-0.25, -0.2) is 13.2 Å². The SMILES string of the molecule is Cn1cc(C(=O)Nc2cc(F)ccc2-c2cc(F)cc(F)c2)c(C(F)(F)F)n1. The number of amides is 1. The van der Waals surface area contributed by atoms with Crippen LogP contribution in [-0.2, 0) is 13.2 Å². The third-order valence-corrected chi connectivity index (χ3v) is 3.75. The Morgan fingerprint density at radius 3 is 2.25 bits per heavy atom. The number of aryl methyl sites for hydroxylation is 1. The zero-order valence-corrected chi connectivity index (χ0v) is 14.1. The fourth-order valence-corrected chi connectivity index (χ4v) is 2.63. The molecule has 3 aromatic rings. The molecule has 28 heavy (non-hydrogen) atoms. The first-order chi connectivity index (χ1) is 13.0. The Hall–Kier alpha value is -3.30. The number of hydrogen-bond acceptors (Lipinski definition) is 2. The van der Waals surface area contributed by atoms with Crippen molar-refractivity contribution in [2.45, 2.75) is 6.18 Å². The molecule has 0 unspecified atom stereocenters. The van der Waals surface area contributed by atoms with Gasteiger partial charge in [-0.15, -0.1) is 0 Å². The summed E-state index contributed by atoms with van der Waals surface area (Å²) in [4.78, 5) is 12.4. The van der Waals surface area contributed by atoms with E-state index in [4.69, 9.17) is 0 Å². The molecule has 3 rings (SSSR count). The predicted molar refractivity (Wildman–Crippen MR) is 87.9 cm³/mol. The van der Waals surface area contributed by atoms with Crippen LogP contribution >= 0.6 is 0 Å². The largest absolute Gasteiger partial charge is 0.435 e. The number of nitrogens with one attached hydrogen (secondary N) is 1. The Balaban J connectivity index is 2.04. The summed E-state index contributed by atoms with van der Waals surface area (Å²) in [5.41, 5.74) is -2.47. The van der Waals surface area contributed by atoms with Crippen molar-refractivity contribution < 1.29 is 31.1 Å². The molecule has 1 amide bonds. The molecule has 1 N–H and O–H groups in total. The van der Waals surface area contributed by atoms with E-state index in [0.717, 1.165) is 41.2 Å². The molecule has 0 radical (unpaired) electrons. The Morgan fingerprint density at radius 1 is 1.00 bits per heavy atom. The number of aromatic nitrogens is 2. The van der Waals surface area contributed by atoms with Gasteiger partial charge in [0.1, 0.15) is 17.5 Å². The number of rotatable bonds is 3. The maximum atomic E-state index is 13.7. The molecule has 146 valence electrons. The van der Waals surface area contributed by atoms with Crippen molar-refractivity contribution in [1.29, 1.82) is 0 Å². The van der Waals surface area contributed by atoms with E-state index in [0.29, 0.717) is 6.07 Å². The van der Waals surface area contributed by atoms with Crippen LogP contribution in [0.1, 0.15) is 16.1 Å². The van der Waals surface area contributed by atoms with Crippen LogP contribution in [0.4, 0.5) is 32.0 Å². The normalized spacial score (nSPS) is 11.5. The summed E-state index contributed by atoms with van der Waals surface area (Å²) in [6.45, 7) is 0. The van der Waals surface area contributed by atoms with E-state index in [1.165, 1.54) is 7.05 Å². The topological polar surface area (TPSA) is 46.9 Å². The van der Waals surface area contributed by atoms with Crippen LogP contribution in [0.25, 0.3) is 11.1 Å². The van der Waals surface area contributed by atoms with Crippen molar-refractivity contribution >= 4 is 11.6 Å². The fraction of sp³-hybridized carbons (Fsp3) is 0.111. The van der Waals surface area contributed by atoms with Gasteiger partial charge < -0.3 is 5.32 Å². The van der Waals surface area contributed by atoms with Crippen LogP contribution < -0.4 is 5.32 Å². The average molecular weight is 399 g/mol. The molecule has 1 aromatic heterocycles. The molecule has 0 saturated carbocycles.